The molecule has 4 nitrogen and oxygen atoms in total. The van der Waals surface area contributed by atoms with E-state index < -0.39 is 0 Å². The second-order valence-corrected chi connectivity index (χ2v) is 9.38. The van der Waals surface area contributed by atoms with E-state index in [-0.39, 0.29) is 17.7 Å². The summed E-state index contributed by atoms with van der Waals surface area (Å²) in [4.78, 5) is 27.0. The Morgan fingerprint density at radius 1 is 1.03 bits per heavy atom. The number of carbonyl (C=O) groups excluding carboxylic acids is 2. The normalized spacial score (nSPS) is 15.5. The molecule has 0 atom stereocenters. The fraction of sp³-hybridized carbons (Fsp3) is 0.130. The maximum atomic E-state index is 12.9. The highest BCUT2D eigenvalue weighted by molar-refractivity contribution is 9.10. The van der Waals surface area contributed by atoms with Crippen molar-refractivity contribution in [1.29, 1.82) is 0 Å². The molecule has 2 heterocycles. The highest BCUT2D eigenvalue weighted by Crippen LogP contribution is 2.34. The molecule has 4 rings (SSSR count). The molecule has 0 saturated carbocycles. The molecule has 2 aromatic carbocycles. The van der Waals surface area contributed by atoms with Crippen molar-refractivity contribution in [3.05, 3.63) is 91.5 Å². The van der Waals surface area contributed by atoms with Crippen molar-refractivity contribution < 1.29 is 9.59 Å². The molecule has 0 bridgehead atoms. The van der Waals surface area contributed by atoms with Crippen LogP contribution < -0.4 is 0 Å². The Balaban J connectivity index is 1.61. The van der Waals surface area contributed by atoms with Gasteiger partial charge in [0.2, 0.25) is 0 Å². The molecule has 1 fully saturated rings. The lowest BCUT2D eigenvalue weighted by atomic mass is 10.2. The first kappa shape index (κ1) is 21.0. The van der Waals surface area contributed by atoms with Gasteiger partial charge in [0.15, 0.2) is 0 Å². The number of thioether (sulfide) groups is 1. The van der Waals surface area contributed by atoms with Gasteiger partial charge in [-0.2, -0.15) is 0 Å². The van der Waals surface area contributed by atoms with Gasteiger partial charge in [0.1, 0.15) is 0 Å². The zero-order valence-electron chi connectivity index (χ0n) is 16.4. The molecule has 0 radical (unpaired) electrons. The van der Waals surface area contributed by atoms with E-state index in [1.54, 1.807) is 12.1 Å². The van der Waals surface area contributed by atoms with Crippen LogP contribution in [0.5, 0.6) is 0 Å². The third-order valence-corrected chi connectivity index (χ3v) is 6.66. The van der Waals surface area contributed by atoms with E-state index in [9.17, 15) is 9.59 Å². The molecule has 0 spiro atoms. The Morgan fingerprint density at radius 2 is 1.70 bits per heavy atom. The monoisotopic (exact) mass is 500 g/mol. The van der Waals surface area contributed by atoms with Crippen LogP contribution in [0.2, 0.25) is 5.02 Å². The van der Waals surface area contributed by atoms with Gasteiger partial charge >= 0.3 is 0 Å². The Hall–Kier alpha value is -2.28. The van der Waals surface area contributed by atoms with Gasteiger partial charge in [-0.3, -0.25) is 14.5 Å². The number of hydrogen-bond donors (Lipinski definition) is 0. The van der Waals surface area contributed by atoms with Crippen LogP contribution in [-0.4, -0.2) is 20.6 Å². The van der Waals surface area contributed by atoms with Gasteiger partial charge in [0.25, 0.3) is 11.1 Å². The average Bonchev–Trinajstić information content (AvgIpc) is 3.14. The van der Waals surface area contributed by atoms with E-state index in [1.807, 2.05) is 62.4 Å². The molecule has 0 unspecified atom stereocenters. The summed E-state index contributed by atoms with van der Waals surface area (Å²) in [5, 5.41) is 0.358. The van der Waals surface area contributed by atoms with Gasteiger partial charge in [-0.25, -0.2) is 0 Å². The summed E-state index contributed by atoms with van der Waals surface area (Å²) in [6, 6.07) is 17.2. The van der Waals surface area contributed by atoms with E-state index in [1.165, 1.54) is 4.90 Å². The first-order chi connectivity index (χ1) is 14.3. The lowest BCUT2D eigenvalue weighted by Gasteiger charge is -2.12. The Kier molecular flexibility index (Phi) is 5.91. The second kappa shape index (κ2) is 8.46. The number of nitrogens with zero attached hydrogens (tertiary/aromatic N) is 2. The molecule has 1 aromatic heterocycles. The quantitative estimate of drug-likeness (QED) is 0.372. The Labute approximate surface area is 192 Å². The second-order valence-electron chi connectivity index (χ2n) is 7.03. The summed E-state index contributed by atoms with van der Waals surface area (Å²) in [5.74, 6) is -0.270. The van der Waals surface area contributed by atoms with E-state index in [4.69, 9.17) is 11.6 Å². The first-order valence-electron chi connectivity index (χ1n) is 9.28. The SMILES string of the molecule is Cc1cc(/C=C2\SC(=O)N(Cc3ccc(Cl)cc3)C2=O)c(C)n1-c1ccc(Br)cc1. The Morgan fingerprint density at radius 3 is 2.37 bits per heavy atom. The fourth-order valence-corrected chi connectivity index (χ4v) is 4.69. The predicted molar refractivity (Wildman–Crippen MR) is 126 cm³/mol. The average molecular weight is 502 g/mol. The maximum absolute atomic E-state index is 12.9. The number of hydrogen-bond acceptors (Lipinski definition) is 3. The minimum absolute atomic E-state index is 0.233. The minimum atomic E-state index is -0.270. The molecule has 7 heteroatoms. The van der Waals surface area contributed by atoms with Crippen molar-refractivity contribution in [3.8, 4) is 5.69 Å². The molecule has 30 heavy (non-hydrogen) atoms. The van der Waals surface area contributed by atoms with Crippen LogP contribution in [-0.2, 0) is 11.3 Å². The van der Waals surface area contributed by atoms with E-state index in [2.05, 4.69) is 20.5 Å². The van der Waals surface area contributed by atoms with Crippen molar-refractivity contribution in [3.63, 3.8) is 0 Å². The van der Waals surface area contributed by atoms with Crippen LogP contribution in [0.4, 0.5) is 4.79 Å². The van der Waals surface area contributed by atoms with Crippen LogP contribution in [0.3, 0.4) is 0 Å². The minimum Gasteiger partial charge on any atom is -0.318 e. The van der Waals surface area contributed by atoms with E-state index in [0.717, 1.165) is 44.4 Å². The summed E-state index contributed by atoms with van der Waals surface area (Å²) in [6.45, 7) is 4.27. The van der Waals surface area contributed by atoms with Crippen LogP contribution in [0.25, 0.3) is 11.8 Å². The maximum Gasteiger partial charge on any atom is 0.293 e. The van der Waals surface area contributed by atoms with Gasteiger partial charge < -0.3 is 4.57 Å². The summed E-state index contributed by atoms with van der Waals surface area (Å²) < 4.78 is 3.15. The molecular weight excluding hydrogens is 484 g/mol. The molecule has 3 aromatic rings. The highest BCUT2D eigenvalue weighted by atomic mass is 79.9. The largest absolute Gasteiger partial charge is 0.318 e. The van der Waals surface area contributed by atoms with Crippen molar-refractivity contribution in [2.75, 3.05) is 0 Å². The number of benzene rings is 2. The topological polar surface area (TPSA) is 42.3 Å². The standard InChI is InChI=1S/C23H18BrClN2O2S/c1-14-11-17(15(2)27(14)20-9-5-18(24)6-10-20)12-21-22(28)26(23(29)30-21)13-16-3-7-19(25)8-4-16/h3-12H,13H2,1-2H3/b21-12-. The summed E-state index contributed by atoms with van der Waals surface area (Å²) in [5.41, 5.74) is 4.90. The van der Waals surface area contributed by atoms with Crippen molar-refractivity contribution in [2.24, 2.45) is 0 Å². The van der Waals surface area contributed by atoms with Gasteiger partial charge in [-0.05, 0) is 85.3 Å². The molecule has 1 aliphatic heterocycles. The van der Waals surface area contributed by atoms with E-state index >= 15 is 0 Å². The zero-order chi connectivity index (χ0) is 21.4. The summed E-state index contributed by atoms with van der Waals surface area (Å²) in [7, 11) is 0. The first-order valence-corrected chi connectivity index (χ1v) is 11.3. The van der Waals surface area contributed by atoms with Crippen molar-refractivity contribution in [1.82, 2.24) is 9.47 Å². The molecule has 2 amide bonds. The van der Waals surface area contributed by atoms with Gasteiger partial charge in [0.05, 0.1) is 11.4 Å². The molecule has 1 aliphatic rings. The number of imide groups is 1. The summed E-state index contributed by atoms with van der Waals surface area (Å²) in [6.07, 6.45) is 1.81. The molecule has 1 saturated heterocycles. The number of aromatic nitrogens is 1. The van der Waals surface area contributed by atoms with Crippen LogP contribution >= 0.6 is 39.3 Å². The lowest BCUT2D eigenvalue weighted by molar-refractivity contribution is -0.123. The van der Waals surface area contributed by atoms with E-state index in [0.29, 0.717) is 9.93 Å². The fourth-order valence-electron chi connectivity index (χ4n) is 3.47. The number of rotatable bonds is 4. The number of aryl methyl sites for hydroxylation is 1. The molecule has 0 aliphatic carbocycles. The zero-order valence-corrected chi connectivity index (χ0v) is 19.5. The third kappa shape index (κ3) is 4.13. The molecule has 0 N–H and O–H groups in total. The number of amides is 2. The molecule has 152 valence electrons. The summed E-state index contributed by atoms with van der Waals surface area (Å²) >= 11 is 10.4. The van der Waals surface area contributed by atoms with Crippen molar-refractivity contribution in [2.45, 2.75) is 20.4 Å². The molecular formula is C23H18BrClN2O2S. The lowest BCUT2D eigenvalue weighted by Crippen LogP contribution is -2.27. The van der Waals surface area contributed by atoms with Crippen molar-refractivity contribution >= 4 is 56.5 Å². The van der Waals surface area contributed by atoms with Crippen LogP contribution in [0, 0.1) is 13.8 Å². The number of carbonyl (C=O) groups is 2. The van der Waals surface area contributed by atoms with Crippen LogP contribution in [0.1, 0.15) is 22.5 Å². The Bertz CT molecular complexity index is 1170. The van der Waals surface area contributed by atoms with Gasteiger partial charge in [-0.1, -0.05) is 39.7 Å². The van der Waals surface area contributed by atoms with Crippen LogP contribution in [0.15, 0.2) is 64.0 Å². The third-order valence-electron chi connectivity index (χ3n) is 4.97. The van der Waals surface area contributed by atoms with Gasteiger partial charge in [0, 0.05) is 26.6 Å². The smallest absolute Gasteiger partial charge is 0.293 e. The van der Waals surface area contributed by atoms with Gasteiger partial charge in [-0.15, -0.1) is 0 Å². The highest BCUT2D eigenvalue weighted by Gasteiger charge is 2.35. The number of halogens is 2. The predicted octanol–water partition coefficient (Wildman–Crippen LogP) is 6.75.